The first-order valence-electron chi connectivity index (χ1n) is 8.67. The molecular formula is C17H24N4O. The van der Waals surface area contributed by atoms with Crippen molar-refractivity contribution >= 4 is 11.7 Å². The first-order chi connectivity index (χ1) is 10.8. The summed E-state index contributed by atoms with van der Waals surface area (Å²) in [5.41, 5.74) is 1.19. The van der Waals surface area contributed by atoms with E-state index in [0.717, 1.165) is 51.3 Å². The highest BCUT2D eigenvalue weighted by atomic mass is 16.2. The van der Waals surface area contributed by atoms with Gasteiger partial charge in [-0.05, 0) is 32.1 Å². The molecule has 2 heterocycles. The molecule has 2 saturated carbocycles. The fraction of sp³-hybridized carbons (Fsp3) is 0.706. The van der Waals surface area contributed by atoms with Gasteiger partial charge < -0.3 is 9.80 Å². The lowest BCUT2D eigenvalue weighted by atomic mass is 9.84. The van der Waals surface area contributed by atoms with E-state index in [4.69, 9.17) is 0 Å². The van der Waals surface area contributed by atoms with Gasteiger partial charge in [-0.15, -0.1) is 0 Å². The predicted molar refractivity (Wildman–Crippen MR) is 84.8 cm³/mol. The summed E-state index contributed by atoms with van der Waals surface area (Å²) in [5, 5.41) is 0. The molecule has 0 aromatic carbocycles. The summed E-state index contributed by atoms with van der Waals surface area (Å²) in [4.78, 5) is 25.7. The Bertz CT molecular complexity index is 553. The molecule has 0 unspecified atom stereocenters. The Kier molecular flexibility index (Phi) is 3.72. The number of carbonyl (C=O) groups is 1. The van der Waals surface area contributed by atoms with Crippen LogP contribution in [-0.4, -0.2) is 47.0 Å². The topological polar surface area (TPSA) is 49.3 Å². The van der Waals surface area contributed by atoms with Crippen molar-refractivity contribution in [2.75, 3.05) is 31.1 Å². The lowest BCUT2D eigenvalue weighted by Gasteiger charge is -2.31. The predicted octanol–water partition coefficient (Wildman–Crippen LogP) is 2.19. The summed E-state index contributed by atoms with van der Waals surface area (Å²) in [6, 6.07) is 2.15. The monoisotopic (exact) mass is 300 g/mol. The van der Waals surface area contributed by atoms with Crippen LogP contribution in [-0.2, 0) is 4.79 Å². The average Bonchev–Trinajstić information content (AvgIpc) is 3.32. The highest BCUT2D eigenvalue weighted by molar-refractivity contribution is 5.79. The number of hydrogen-bond acceptors (Lipinski definition) is 4. The highest BCUT2D eigenvalue weighted by Crippen LogP contribution is 2.39. The summed E-state index contributed by atoms with van der Waals surface area (Å²) < 4.78 is 0. The Hall–Kier alpha value is -1.65. The molecule has 1 saturated heterocycles. The third kappa shape index (κ3) is 2.81. The number of hydrogen-bond donors (Lipinski definition) is 0. The average molecular weight is 300 g/mol. The molecule has 5 nitrogen and oxygen atoms in total. The van der Waals surface area contributed by atoms with Crippen LogP contribution in [0.1, 0.15) is 50.1 Å². The molecule has 1 aliphatic heterocycles. The summed E-state index contributed by atoms with van der Waals surface area (Å²) >= 11 is 0. The van der Waals surface area contributed by atoms with Crippen molar-refractivity contribution in [3.05, 3.63) is 18.1 Å². The van der Waals surface area contributed by atoms with Crippen LogP contribution in [0.3, 0.4) is 0 Å². The lowest BCUT2D eigenvalue weighted by molar-refractivity contribution is -0.137. The standard InChI is InChI=1S/C17H24N4O/c22-17(14-3-1-4-14)21-8-2-7-20(9-10-21)16-11-15(13-5-6-13)18-12-19-16/h11-14H,1-10H2. The number of rotatable bonds is 3. The van der Waals surface area contributed by atoms with E-state index in [0.29, 0.717) is 17.7 Å². The molecule has 0 spiro atoms. The van der Waals surface area contributed by atoms with E-state index < -0.39 is 0 Å². The third-order valence-corrected chi connectivity index (χ3v) is 5.26. The molecular weight excluding hydrogens is 276 g/mol. The number of anilines is 1. The molecule has 0 radical (unpaired) electrons. The maximum atomic E-state index is 12.4. The zero-order valence-electron chi connectivity index (χ0n) is 13.1. The van der Waals surface area contributed by atoms with Gasteiger partial charge in [0, 0.05) is 49.8 Å². The SMILES string of the molecule is O=C(C1CCC1)N1CCCN(c2cc(C3CC3)ncn2)CC1. The summed E-state index contributed by atoms with van der Waals surface area (Å²) in [7, 11) is 0. The molecule has 1 aromatic heterocycles. The summed E-state index contributed by atoms with van der Waals surface area (Å²) in [6.07, 6.45) is 8.67. The Morgan fingerprint density at radius 2 is 1.86 bits per heavy atom. The van der Waals surface area contributed by atoms with Gasteiger partial charge in [0.25, 0.3) is 0 Å². The van der Waals surface area contributed by atoms with E-state index in [1.54, 1.807) is 6.33 Å². The Morgan fingerprint density at radius 3 is 2.59 bits per heavy atom. The normalized spacial score (nSPS) is 23.1. The number of nitrogens with zero attached hydrogens (tertiary/aromatic N) is 4. The van der Waals surface area contributed by atoms with Crippen LogP contribution < -0.4 is 4.90 Å². The molecule has 5 heteroatoms. The fourth-order valence-electron chi connectivity index (χ4n) is 3.42. The van der Waals surface area contributed by atoms with Crippen molar-refractivity contribution in [2.24, 2.45) is 5.92 Å². The third-order valence-electron chi connectivity index (χ3n) is 5.26. The zero-order chi connectivity index (χ0) is 14.9. The minimum Gasteiger partial charge on any atom is -0.355 e. The molecule has 1 aromatic rings. The zero-order valence-corrected chi connectivity index (χ0v) is 13.1. The van der Waals surface area contributed by atoms with E-state index in [1.807, 2.05) is 0 Å². The molecule has 1 amide bonds. The van der Waals surface area contributed by atoms with Gasteiger partial charge in [-0.25, -0.2) is 9.97 Å². The molecule has 22 heavy (non-hydrogen) atoms. The van der Waals surface area contributed by atoms with Gasteiger partial charge in [-0.3, -0.25) is 4.79 Å². The second kappa shape index (κ2) is 5.86. The van der Waals surface area contributed by atoms with Crippen LogP contribution in [0.25, 0.3) is 0 Å². The van der Waals surface area contributed by atoms with Crippen molar-refractivity contribution < 1.29 is 4.79 Å². The van der Waals surface area contributed by atoms with E-state index in [2.05, 4.69) is 25.8 Å². The van der Waals surface area contributed by atoms with Crippen molar-refractivity contribution in [1.29, 1.82) is 0 Å². The molecule has 3 aliphatic rings. The van der Waals surface area contributed by atoms with Gasteiger partial charge in [0.15, 0.2) is 0 Å². The van der Waals surface area contributed by atoms with Crippen LogP contribution >= 0.6 is 0 Å². The molecule has 2 aliphatic carbocycles. The van der Waals surface area contributed by atoms with Gasteiger partial charge in [0.1, 0.15) is 12.1 Å². The van der Waals surface area contributed by atoms with Crippen LogP contribution in [0, 0.1) is 5.92 Å². The van der Waals surface area contributed by atoms with E-state index >= 15 is 0 Å². The van der Waals surface area contributed by atoms with Gasteiger partial charge in [-0.2, -0.15) is 0 Å². The maximum absolute atomic E-state index is 12.4. The van der Waals surface area contributed by atoms with E-state index in [-0.39, 0.29) is 0 Å². The van der Waals surface area contributed by atoms with E-state index in [9.17, 15) is 4.79 Å². The number of aromatic nitrogens is 2. The minimum atomic E-state index is 0.312. The fourth-order valence-corrected chi connectivity index (χ4v) is 3.42. The van der Waals surface area contributed by atoms with Crippen LogP contribution in [0.5, 0.6) is 0 Å². The highest BCUT2D eigenvalue weighted by Gasteiger charge is 2.31. The Balaban J connectivity index is 1.41. The van der Waals surface area contributed by atoms with Crippen molar-refractivity contribution in [2.45, 2.75) is 44.4 Å². The van der Waals surface area contributed by atoms with Crippen LogP contribution in [0.2, 0.25) is 0 Å². The van der Waals surface area contributed by atoms with Gasteiger partial charge in [-0.1, -0.05) is 6.42 Å². The number of carbonyl (C=O) groups excluding carboxylic acids is 1. The second-order valence-electron chi connectivity index (χ2n) is 6.87. The van der Waals surface area contributed by atoms with Gasteiger partial charge in [0.05, 0.1) is 0 Å². The smallest absolute Gasteiger partial charge is 0.225 e. The van der Waals surface area contributed by atoms with Crippen molar-refractivity contribution in [1.82, 2.24) is 14.9 Å². The Labute approximate surface area is 131 Å². The van der Waals surface area contributed by atoms with Crippen molar-refractivity contribution in [3.63, 3.8) is 0 Å². The summed E-state index contributed by atoms with van der Waals surface area (Å²) in [6.45, 7) is 3.60. The largest absolute Gasteiger partial charge is 0.355 e. The van der Waals surface area contributed by atoms with Crippen molar-refractivity contribution in [3.8, 4) is 0 Å². The van der Waals surface area contributed by atoms with Gasteiger partial charge in [0.2, 0.25) is 5.91 Å². The second-order valence-corrected chi connectivity index (χ2v) is 6.87. The Morgan fingerprint density at radius 1 is 1.00 bits per heavy atom. The molecule has 3 fully saturated rings. The van der Waals surface area contributed by atoms with E-state index in [1.165, 1.54) is 25.0 Å². The molecule has 118 valence electrons. The lowest BCUT2D eigenvalue weighted by Crippen LogP contribution is -2.41. The quantitative estimate of drug-likeness (QED) is 0.858. The minimum absolute atomic E-state index is 0.312. The summed E-state index contributed by atoms with van der Waals surface area (Å²) in [5.74, 6) is 2.39. The maximum Gasteiger partial charge on any atom is 0.225 e. The van der Waals surface area contributed by atoms with Crippen LogP contribution in [0.4, 0.5) is 5.82 Å². The van der Waals surface area contributed by atoms with Crippen LogP contribution in [0.15, 0.2) is 12.4 Å². The molecule has 0 N–H and O–H groups in total. The molecule has 0 atom stereocenters. The molecule has 4 rings (SSSR count). The number of amides is 1. The van der Waals surface area contributed by atoms with Gasteiger partial charge >= 0.3 is 0 Å². The first-order valence-corrected chi connectivity index (χ1v) is 8.67. The molecule has 0 bridgehead atoms. The first kappa shape index (κ1) is 14.0.